The first kappa shape index (κ1) is 13.1. The second kappa shape index (κ2) is 4.08. The highest BCUT2D eigenvalue weighted by Gasteiger charge is 2.21. The zero-order chi connectivity index (χ0) is 13.6. The second-order valence-corrected chi connectivity index (χ2v) is 7.32. The molecule has 0 amide bonds. The first-order valence-electron chi connectivity index (χ1n) is 6.51. The molecule has 0 saturated carbocycles. The number of aromatic nitrogens is 3. The standard InChI is InChI=1S/C15H23N3/c1-14(2,3)9-10-7-11(15(4,5)6)13-12(8-10)16-18-17-13/h7-8H,9H2,1-6H3,(H,16,17,18). The van der Waals surface area contributed by atoms with Crippen LogP contribution in [0.4, 0.5) is 0 Å². The van der Waals surface area contributed by atoms with Gasteiger partial charge >= 0.3 is 0 Å². The van der Waals surface area contributed by atoms with Crippen LogP contribution in [0.2, 0.25) is 0 Å². The highest BCUT2D eigenvalue weighted by Crippen LogP contribution is 2.31. The fourth-order valence-electron chi connectivity index (χ4n) is 2.30. The van der Waals surface area contributed by atoms with Gasteiger partial charge in [0.25, 0.3) is 0 Å². The number of rotatable bonds is 1. The van der Waals surface area contributed by atoms with E-state index in [9.17, 15) is 0 Å². The van der Waals surface area contributed by atoms with E-state index in [2.05, 4.69) is 69.1 Å². The molecule has 1 heterocycles. The third-order valence-electron chi connectivity index (χ3n) is 3.02. The minimum absolute atomic E-state index is 0.0863. The maximum atomic E-state index is 4.29. The number of aromatic amines is 1. The van der Waals surface area contributed by atoms with Gasteiger partial charge < -0.3 is 0 Å². The Kier molecular flexibility index (Phi) is 2.96. The predicted molar refractivity (Wildman–Crippen MR) is 75.7 cm³/mol. The molecule has 3 nitrogen and oxygen atoms in total. The maximum absolute atomic E-state index is 4.29. The van der Waals surface area contributed by atoms with Crippen LogP contribution in [0, 0.1) is 5.41 Å². The van der Waals surface area contributed by atoms with E-state index in [0.29, 0.717) is 0 Å². The van der Waals surface area contributed by atoms with Crippen molar-refractivity contribution in [1.29, 1.82) is 0 Å². The van der Waals surface area contributed by atoms with Gasteiger partial charge in [0.05, 0.1) is 0 Å². The molecule has 0 aliphatic rings. The zero-order valence-electron chi connectivity index (χ0n) is 12.3. The summed E-state index contributed by atoms with van der Waals surface area (Å²) in [7, 11) is 0. The van der Waals surface area contributed by atoms with Crippen LogP contribution in [0.25, 0.3) is 11.0 Å². The van der Waals surface area contributed by atoms with Crippen LogP contribution < -0.4 is 0 Å². The van der Waals surface area contributed by atoms with Gasteiger partial charge in [-0.25, -0.2) is 0 Å². The summed E-state index contributed by atoms with van der Waals surface area (Å²) >= 11 is 0. The Hall–Kier alpha value is -1.38. The van der Waals surface area contributed by atoms with Crippen LogP contribution in [0.5, 0.6) is 0 Å². The van der Waals surface area contributed by atoms with Crippen LogP contribution >= 0.6 is 0 Å². The van der Waals surface area contributed by atoms with E-state index in [1.165, 1.54) is 11.1 Å². The Morgan fingerprint density at radius 2 is 1.67 bits per heavy atom. The van der Waals surface area contributed by atoms with Crippen LogP contribution in [0.1, 0.15) is 52.7 Å². The van der Waals surface area contributed by atoms with Gasteiger partial charge in [0, 0.05) is 0 Å². The third kappa shape index (κ3) is 2.71. The van der Waals surface area contributed by atoms with Crippen LogP contribution in [0.3, 0.4) is 0 Å². The Bertz CT molecular complexity index is 553. The van der Waals surface area contributed by atoms with Crippen molar-refractivity contribution in [2.24, 2.45) is 5.41 Å². The van der Waals surface area contributed by atoms with E-state index in [0.717, 1.165) is 17.5 Å². The molecule has 0 atom stereocenters. The molecule has 0 aliphatic carbocycles. The minimum atomic E-state index is 0.0863. The molecule has 0 radical (unpaired) electrons. The molecule has 1 N–H and O–H groups in total. The summed E-state index contributed by atoms with van der Waals surface area (Å²) < 4.78 is 0. The van der Waals surface area contributed by atoms with Crippen molar-refractivity contribution in [3.8, 4) is 0 Å². The average Bonchev–Trinajstić information content (AvgIpc) is 2.59. The minimum Gasteiger partial charge on any atom is -0.197 e. The Morgan fingerprint density at radius 3 is 2.22 bits per heavy atom. The molecular weight excluding hydrogens is 222 g/mol. The predicted octanol–water partition coefficient (Wildman–Crippen LogP) is 3.84. The Labute approximate surface area is 109 Å². The number of benzene rings is 1. The lowest BCUT2D eigenvalue weighted by atomic mass is 9.82. The molecule has 1 aromatic carbocycles. The van der Waals surface area contributed by atoms with Crippen molar-refractivity contribution in [2.75, 3.05) is 0 Å². The summed E-state index contributed by atoms with van der Waals surface area (Å²) in [5.41, 5.74) is 4.96. The van der Waals surface area contributed by atoms with Crippen LogP contribution in [-0.2, 0) is 11.8 Å². The number of fused-ring (bicyclic) bond motifs is 1. The van der Waals surface area contributed by atoms with E-state index in [1.54, 1.807) is 0 Å². The number of hydrogen-bond acceptors (Lipinski definition) is 2. The lowest BCUT2D eigenvalue weighted by Crippen LogP contribution is -2.14. The van der Waals surface area contributed by atoms with Gasteiger partial charge in [-0.3, -0.25) is 0 Å². The smallest absolute Gasteiger partial charge is 0.116 e. The van der Waals surface area contributed by atoms with Crippen molar-refractivity contribution >= 4 is 11.0 Å². The third-order valence-corrected chi connectivity index (χ3v) is 3.02. The molecular formula is C15H23N3. The molecule has 0 bridgehead atoms. The largest absolute Gasteiger partial charge is 0.197 e. The lowest BCUT2D eigenvalue weighted by Gasteiger charge is -2.23. The molecule has 3 heteroatoms. The Morgan fingerprint density at radius 1 is 1.00 bits per heavy atom. The van der Waals surface area contributed by atoms with Gasteiger partial charge in [-0.15, -0.1) is 0 Å². The van der Waals surface area contributed by atoms with Crippen molar-refractivity contribution in [1.82, 2.24) is 15.4 Å². The van der Waals surface area contributed by atoms with Gasteiger partial charge in [-0.1, -0.05) is 47.6 Å². The maximum Gasteiger partial charge on any atom is 0.116 e. The van der Waals surface area contributed by atoms with Crippen LogP contribution in [0.15, 0.2) is 12.1 Å². The first-order chi connectivity index (χ1) is 8.17. The van der Waals surface area contributed by atoms with E-state index in [-0.39, 0.29) is 10.8 Å². The molecule has 1 aromatic heterocycles. The summed E-state index contributed by atoms with van der Waals surface area (Å²) in [5.74, 6) is 0. The molecule has 2 aromatic rings. The molecule has 0 aliphatic heterocycles. The number of hydrogen-bond donors (Lipinski definition) is 1. The normalized spacial score (nSPS) is 13.2. The van der Waals surface area contributed by atoms with Gasteiger partial charge in [0.2, 0.25) is 0 Å². The fourth-order valence-corrected chi connectivity index (χ4v) is 2.30. The van der Waals surface area contributed by atoms with Gasteiger partial charge in [-0.05, 0) is 34.4 Å². The molecule has 0 saturated heterocycles. The molecule has 18 heavy (non-hydrogen) atoms. The molecule has 0 unspecified atom stereocenters. The second-order valence-electron chi connectivity index (χ2n) is 7.32. The van der Waals surface area contributed by atoms with E-state index in [4.69, 9.17) is 0 Å². The summed E-state index contributed by atoms with van der Waals surface area (Å²) in [6, 6.07) is 4.44. The van der Waals surface area contributed by atoms with Gasteiger partial charge in [-0.2, -0.15) is 15.4 Å². The zero-order valence-corrected chi connectivity index (χ0v) is 12.3. The summed E-state index contributed by atoms with van der Waals surface area (Å²) in [6.45, 7) is 13.4. The highest BCUT2D eigenvalue weighted by atomic mass is 15.3. The number of nitrogens with one attached hydrogen (secondary N) is 1. The molecule has 0 fully saturated rings. The summed E-state index contributed by atoms with van der Waals surface area (Å²) in [4.78, 5) is 0. The average molecular weight is 245 g/mol. The lowest BCUT2D eigenvalue weighted by molar-refractivity contribution is 0.411. The first-order valence-corrected chi connectivity index (χ1v) is 6.51. The van der Waals surface area contributed by atoms with Crippen molar-refractivity contribution < 1.29 is 0 Å². The van der Waals surface area contributed by atoms with Crippen LogP contribution in [-0.4, -0.2) is 15.4 Å². The summed E-state index contributed by atoms with van der Waals surface area (Å²) in [5, 5.41) is 11.3. The highest BCUT2D eigenvalue weighted by molar-refractivity contribution is 5.79. The topological polar surface area (TPSA) is 41.6 Å². The quantitative estimate of drug-likeness (QED) is 0.829. The molecule has 0 spiro atoms. The van der Waals surface area contributed by atoms with E-state index >= 15 is 0 Å². The molecule has 98 valence electrons. The number of H-pyrrole nitrogens is 1. The van der Waals surface area contributed by atoms with E-state index < -0.39 is 0 Å². The Balaban J connectivity index is 2.58. The van der Waals surface area contributed by atoms with Crippen molar-refractivity contribution in [3.63, 3.8) is 0 Å². The van der Waals surface area contributed by atoms with E-state index in [1.807, 2.05) is 0 Å². The van der Waals surface area contributed by atoms with Crippen molar-refractivity contribution in [3.05, 3.63) is 23.3 Å². The van der Waals surface area contributed by atoms with Gasteiger partial charge in [0.15, 0.2) is 0 Å². The fraction of sp³-hybridized carbons (Fsp3) is 0.600. The SMILES string of the molecule is CC(C)(C)Cc1cc(C(C)(C)C)c2n[nH]nc2c1. The summed E-state index contributed by atoms with van der Waals surface area (Å²) in [6.07, 6.45) is 1.05. The number of nitrogens with zero attached hydrogens (tertiary/aromatic N) is 2. The van der Waals surface area contributed by atoms with Gasteiger partial charge in [0.1, 0.15) is 11.0 Å². The molecule has 2 rings (SSSR count). The monoisotopic (exact) mass is 245 g/mol. The van der Waals surface area contributed by atoms with Crippen molar-refractivity contribution in [2.45, 2.75) is 53.4 Å².